The number of rotatable bonds is 4. The maximum atomic E-state index is 5.72. The lowest BCUT2D eigenvalue weighted by molar-refractivity contribution is 0.412. The molecule has 18 heavy (non-hydrogen) atoms. The van der Waals surface area contributed by atoms with Crippen LogP contribution in [0.4, 0.5) is 0 Å². The third-order valence-electron chi connectivity index (χ3n) is 2.50. The van der Waals surface area contributed by atoms with Gasteiger partial charge in [0.1, 0.15) is 12.1 Å². The standard InChI is InChI=1S/C12H17N5O/c1-8-4-11(18-3)5-10(15-8)6-17-7-14-12(16-17)9(2)13/h4-5,7,9H,6,13H2,1-3H3. The summed E-state index contributed by atoms with van der Waals surface area (Å²) in [5, 5.41) is 4.29. The monoisotopic (exact) mass is 247 g/mol. The first kappa shape index (κ1) is 12.5. The molecule has 0 spiro atoms. The number of nitrogens with zero attached hydrogens (tertiary/aromatic N) is 4. The van der Waals surface area contributed by atoms with Crippen LogP contribution < -0.4 is 10.5 Å². The van der Waals surface area contributed by atoms with Crippen LogP contribution in [0.1, 0.15) is 30.2 Å². The number of nitrogens with two attached hydrogens (primary N) is 1. The fraction of sp³-hybridized carbons (Fsp3) is 0.417. The molecule has 6 heteroatoms. The number of hydrogen-bond acceptors (Lipinski definition) is 5. The molecule has 0 saturated heterocycles. The van der Waals surface area contributed by atoms with E-state index >= 15 is 0 Å². The van der Waals surface area contributed by atoms with Crippen molar-refractivity contribution in [2.75, 3.05) is 7.11 Å². The molecule has 0 fully saturated rings. The Morgan fingerprint density at radius 2 is 2.22 bits per heavy atom. The number of aryl methyl sites for hydroxylation is 1. The molecular formula is C12H17N5O. The van der Waals surface area contributed by atoms with Crippen molar-refractivity contribution in [2.24, 2.45) is 5.73 Å². The topological polar surface area (TPSA) is 78.8 Å². The third-order valence-corrected chi connectivity index (χ3v) is 2.50. The van der Waals surface area contributed by atoms with Gasteiger partial charge in [-0.25, -0.2) is 9.67 Å². The van der Waals surface area contributed by atoms with Crippen molar-refractivity contribution in [3.05, 3.63) is 35.7 Å². The quantitative estimate of drug-likeness (QED) is 0.873. The Kier molecular flexibility index (Phi) is 3.57. The zero-order valence-corrected chi connectivity index (χ0v) is 10.8. The van der Waals surface area contributed by atoms with Crippen LogP contribution in [0.5, 0.6) is 5.75 Å². The van der Waals surface area contributed by atoms with Gasteiger partial charge in [0.2, 0.25) is 0 Å². The van der Waals surface area contributed by atoms with Crippen molar-refractivity contribution in [1.29, 1.82) is 0 Å². The highest BCUT2D eigenvalue weighted by Gasteiger charge is 2.07. The van der Waals surface area contributed by atoms with Gasteiger partial charge >= 0.3 is 0 Å². The molecule has 0 aliphatic heterocycles. The molecule has 96 valence electrons. The molecule has 1 atom stereocenters. The average Bonchev–Trinajstić information content (AvgIpc) is 2.76. The van der Waals surface area contributed by atoms with Gasteiger partial charge in [0.05, 0.1) is 25.4 Å². The normalized spacial score (nSPS) is 12.4. The zero-order valence-electron chi connectivity index (χ0n) is 10.8. The van der Waals surface area contributed by atoms with E-state index in [1.54, 1.807) is 18.1 Å². The van der Waals surface area contributed by atoms with Gasteiger partial charge in [0.15, 0.2) is 5.82 Å². The maximum Gasteiger partial charge on any atom is 0.166 e. The zero-order chi connectivity index (χ0) is 13.1. The highest BCUT2D eigenvalue weighted by Crippen LogP contribution is 2.14. The molecule has 0 saturated carbocycles. The van der Waals surface area contributed by atoms with Gasteiger partial charge in [0.25, 0.3) is 0 Å². The highest BCUT2D eigenvalue weighted by molar-refractivity contribution is 5.26. The van der Waals surface area contributed by atoms with E-state index in [0.29, 0.717) is 12.4 Å². The Balaban J connectivity index is 2.19. The SMILES string of the molecule is COc1cc(C)nc(Cn2cnc(C(C)N)n2)c1. The summed E-state index contributed by atoms with van der Waals surface area (Å²) in [6.45, 7) is 4.34. The molecule has 0 aromatic carbocycles. The second-order valence-electron chi connectivity index (χ2n) is 4.23. The lowest BCUT2D eigenvalue weighted by Gasteiger charge is -2.05. The fourth-order valence-corrected chi connectivity index (χ4v) is 1.66. The number of hydrogen-bond donors (Lipinski definition) is 1. The Morgan fingerprint density at radius 3 is 2.83 bits per heavy atom. The van der Waals surface area contributed by atoms with E-state index < -0.39 is 0 Å². The Bertz CT molecular complexity index is 535. The van der Waals surface area contributed by atoms with Gasteiger partial charge in [-0.1, -0.05) is 0 Å². The molecule has 0 aliphatic carbocycles. The smallest absolute Gasteiger partial charge is 0.166 e. The first-order chi connectivity index (χ1) is 8.58. The van der Waals surface area contributed by atoms with Crippen molar-refractivity contribution in [3.63, 3.8) is 0 Å². The number of pyridine rings is 1. The summed E-state index contributed by atoms with van der Waals surface area (Å²) in [4.78, 5) is 8.58. The van der Waals surface area contributed by atoms with Gasteiger partial charge in [0, 0.05) is 17.8 Å². The largest absolute Gasteiger partial charge is 0.497 e. The first-order valence-corrected chi connectivity index (χ1v) is 5.75. The van der Waals surface area contributed by atoms with Crippen LogP contribution in [0.25, 0.3) is 0 Å². The number of methoxy groups -OCH3 is 1. The minimum Gasteiger partial charge on any atom is -0.497 e. The van der Waals surface area contributed by atoms with Crippen LogP contribution in [0.15, 0.2) is 18.5 Å². The Labute approximate surface area is 106 Å². The molecular weight excluding hydrogens is 230 g/mol. The number of ether oxygens (including phenoxy) is 1. The minimum absolute atomic E-state index is 0.161. The summed E-state index contributed by atoms with van der Waals surface area (Å²) in [7, 11) is 1.64. The summed E-state index contributed by atoms with van der Waals surface area (Å²) in [5.74, 6) is 1.43. The average molecular weight is 247 g/mol. The van der Waals surface area contributed by atoms with Gasteiger partial charge in [-0.15, -0.1) is 0 Å². The Morgan fingerprint density at radius 1 is 1.44 bits per heavy atom. The molecule has 2 aromatic rings. The van der Waals surface area contributed by atoms with Crippen molar-refractivity contribution in [2.45, 2.75) is 26.4 Å². The van der Waals surface area contributed by atoms with E-state index in [1.165, 1.54) is 0 Å². The third kappa shape index (κ3) is 2.84. The van der Waals surface area contributed by atoms with Crippen molar-refractivity contribution in [1.82, 2.24) is 19.7 Å². The van der Waals surface area contributed by atoms with Crippen LogP contribution >= 0.6 is 0 Å². The van der Waals surface area contributed by atoms with E-state index in [4.69, 9.17) is 10.5 Å². The molecule has 0 aliphatic rings. The molecule has 2 N–H and O–H groups in total. The second-order valence-corrected chi connectivity index (χ2v) is 4.23. The minimum atomic E-state index is -0.161. The fourth-order valence-electron chi connectivity index (χ4n) is 1.66. The van der Waals surface area contributed by atoms with Gasteiger partial charge in [-0.2, -0.15) is 5.10 Å². The lowest BCUT2D eigenvalue weighted by atomic mass is 10.3. The Hall–Kier alpha value is -1.95. The summed E-state index contributed by atoms with van der Waals surface area (Å²) in [6.07, 6.45) is 1.66. The highest BCUT2D eigenvalue weighted by atomic mass is 16.5. The maximum absolute atomic E-state index is 5.72. The summed E-state index contributed by atoms with van der Waals surface area (Å²) >= 11 is 0. The molecule has 0 amide bonds. The van der Waals surface area contributed by atoms with Crippen LogP contribution in [-0.4, -0.2) is 26.9 Å². The van der Waals surface area contributed by atoms with E-state index in [-0.39, 0.29) is 6.04 Å². The lowest BCUT2D eigenvalue weighted by Crippen LogP contribution is -2.09. The molecule has 2 aromatic heterocycles. The molecule has 2 rings (SSSR count). The van der Waals surface area contributed by atoms with Gasteiger partial charge < -0.3 is 10.5 Å². The first-order valence-electron chi connectivity index (χ1n) is 5.75. The summed E-state index contributed by atoms with van der Waals surface area (Å²) < 4.78 is 6.93. The van der Waals surface area contributed by atoms with Crippen LogP contribution in [-0.2, 0) is 6.54 Å². The molecule has 6 nitrogen and oxygen atoms in total. The summed E-state index contributed by atoms with van der Waals surface area (Å²) in [6, 6.07) is 3.62. The summed E-state index contributed by atoms with van der Waals surface area (Å²) in [5.41, 5.74) is 7.51. The van der Waals surface area contributed by atoms with Crippen molar-refractivity contribution < 1.29 is 4.74 Å². The van der Waals surface area contributed by atoms with E-state index in [9.17, 15) is 0 Å². The van der Waals surface area contributed by atoms with E-state index in [2.05, 4.69) is 15.1 Å². The van der Waals surface area contributed by atoms with Crippen molar-refractivity contribution in [3.8, 4) is 5.75 Å². The predicted molar refractivity (Wildman–Crippen MR) is 67.3 cm³/mol. The van der Waals surface area contributed by atoms with E-state index in [0.717, 1.165) is 17.1 Å². The molecule has 2 heterocycles. The van der Waals surface area contributed by atoms with Crippen molar-refractivity contribution >= 4 is 0 Å². The van der Waals surface area contributed by atoms with Gasteiger partial charge in [-0.05, 0) is 13.8 Å². The molecule has 0 bridgehead atoms. The van der Waals surface area contributed by atoms with Gasteiger partial charge in [-0.3, -0.25) is 4.98 Å². The van der Waals surface area contributed by atoms with Crippen LogP contribution in [0.3, 0.4) is 0 Å². The molecule has 0 radical (unpaired) electrons. The predicted octanol–water partition coefficient (Wildman–Crippen LogP) is 1.06. The van der Waals surface area contributed by atoms with Crippen LogP contribution in [0.2, 0.25) is 0 Å². The molecule has 1 unspecified atom stereocenters. The number of aromatic nitrogens is 4. The second kappa shape index (κ2) is 5.14. The van der Waals surface area contributed by atoms with Crippen LogP contribution in [0, 0.1) is 6.92 Å². The van der Waals surface area contributed by atoms with E-state index in [1.807, 2.05) is 26.0 Å².